The summed E-state index contributed by atoms with van der Waals surface area (Å²) in [4.78, 5) is 12.0. The van der Waals surface area contributed by atoms with E-state index < -0.39 is 6.04 Å². The molecule has 0 heterocycles. The minimum atomic E-state index is -0.516. The third-order valence-electron chi connectivity index (χ3n) is 3.29. The van der Waals surface area contributed by atoms with Crippen molar-refractivity contribution in [3.8, 4) is 11.5 Å². The molecule has 0 aliphatic carbocycles. The summed E-state index contributed by atoms with van der Waals surface area (Å²) >= 11 is 0. The van der Waals surface area contributed by atoms with Gasteiger partial charge in [-0.3, -0.25) is 4.79 Å². The molecule has 0 aliphatic heterocycles. The minimum Gasteiger partial charge on any atom is -0.493 e. The molecule has 0 aromatic heterocycles. The number of halogens is 1. The Labute approximate surface area is 132 Å². The third-order valence-corrected chi connectivity index (χ3v) is 3.29. The fourth-order valence-electron chi connectivity index (χ4n) is 1.76. The second-order valence-electron chi connectivity index (χ2n) is 4.70. The molecule has 3 N–H and O–H groups in total. The van der Waals surface area contributed by atoms with E-state index in [-0.39, 0.29) is 24.2 Å². The summed E-state index contributed by atoms with van der Waals surface area (Å²) < 4.78 is 10.7. The number of carbonyl (C=O) groups excluding carboxylic acids is 1. The lowest BCUT2D eigenvalue weighted by Gasteiger charge is -2.18. The fraction of sp³-hybridized carbons (Fsp3) is 0.533. The quantitative estimate of drug-likeness (QED) is 0.811. The highest BCUT2D eigenvalue weighted by Crippen LogP contribution is 2.30. The monoisotopic (exact) mass is 316 g/mol. The van der Waals surface area contributed by atoms with Crippen LogP contribution >= 0.6 is 12.4 Å². The van der Waals surface area contributed by atoms with Gasteiger partial charge in [0.05, 0.1) is 19.8 Å². The van der Waals surface area contributed by atoms with Gasteiger partial charge in [-0.2, -0.15) is 0 Å². The van der Waals surface area contributed by atoms with Crippen LogP contribution in [0.15, 0.2) is 18.2 Å². The molecule has 1 amide bonds. The number of methoxy groups -OCH3 is 1. The van der Waals surface area contributed by atoms with Gasteiger partial charge < -0.3 is 20.5 Å². The summed E-state index contributed by atoms with van der Waals surface area (Å²) in [6, 6.07) is 4.75. The van der Waals surface area contributed by atoms with E-state index in [1.807, 2.05) is 20.8 Å². The predicted molar refractivity (Wildman–Crippen MR) is 87.5 cm³/mol. The van der Waals surface area contributed by atoms with Crippen molar-refractivity contribution in [3.05, 3.63) is 18.2 Å². The van der Waals surface area contributed by atoms with E-state index in [0.717, 1.165) is 6.42 Å². The molecule has 2 unspecified atom stereocenters. The highest BCUT2D eigenvalue weighted by molar-refractivity contribution is 5.95. The van der Waals surface area contributed by atoms with E-state index in [4.69, 9.17) is 15.2 Å². The molecule has 1 aromatic carbocycles. The summed E-state index contributed by atoms with van der Waals surface area (Å²) in [7, 11) is 1.58. The smallest absolute Gasteiger partial charge is 0.241 e. The molecule has 0 spiro atoms. The van der Waals surface area contributed by atoms with Crippen LogP contribution in [0, 0.1) is 5.92 Å². The van der Waals surface area contributed by atoms with Crippen LogP contribution in [0.3, 0.4) is 0 Å². The van der Waals surface area contributed by atoms with Crippen LogP contribution in [0.4, 0.5) is 5.69 Å². The second kappa shape index (κ2) is 9.47. The maximum atomic E-state index is 12.0. The number of ether oxygens (including phenoxy) is 2. The van der Waals surface area contributed by atoms with Gasteiger partial charge in [-0.25, -0.2) is 0 Å². The molecule has 0 bridgehead atoms. The predicted octanol–water partition coefficient (Wildman–Crippen LogP) is 2.83. The molecule has 1 aromatic rings. The molecule has 0 saturated carbocycles. The van der Waals surface area contributed by atoms with Crippen molar-refractivity contribution in [1.29, 1.82) is 0 Å². The second-order valence-corrected chi connectivity index (χ2v) is 4.70. The van der Waals surface area contributed by atoms with Gasteiger partial charge in [-0.15, -0.1) is 12.4 Å². The number of hydrogen-bond donors (Lipinski definition) is 2. The number of rotatable bonds is 7. The van der Waals surface area contributed by atoms with Crippen LogP contribution in [0.2, 0.25) is 0 Å². The first kappa shape index (κ1) is 19.5. The number of carbonyl (C=O) groups is 1. The molecule has 5 nitrogen and oxygen atoms in total. The Morgan fingerprint density at radius 1 is 1.33 bits per heavy atom. The van der Waals surface area contributed by atoms with Crippen molar-refractivity contribution in [2.75, 3.05) is 19.0 Å². The van der Waals surface area contributed by atoms with Crippen molar-refractivity contribution in [2.24, 2.45) is 11.7 Å². The van der Waals surface area contributed by atoms with Crippen molar-refractivity contribution < 1.29 is 14.3 Å². The highest BCUT2D eigenvalue weighted by Gasteiger charge is 2.19. The summed E-state index contributed by atoms with van der Waals surface area (Å²) in [5, 5.41) is 2.81. The molecule has 0 fully saturated rings. The Balaban J connectivity index is 0.00000400. The number of hydrogen-bond acceptors (Lipinski definition) is 4. The number of anilines is 1. The molecule has 1 rings (SSSR count). The van der Waals surface area contributed by atoms with Gasteiger partial charge in [0.25, 0.3) is 0 Å². The lowest BCUT2D eigenvalue weighted by Crippen LogP contribution is -2.40. The Hall–Kier alpha value is -1.46. The van der Waals surface area contributed by atoms with Crippen molar-refractivity contribution in [1.82, 2.24) is 0 Å². The zero-order chi connectivity index (χ0) is 15.1. The summed E-state index contributed by atoms with van der Waals surface area (Å²) in [6.45, 7) is 6.39. The van der Waals surface area contributed by atoms with E-state index in [0.29, 0.717) is 23.8 Å². The maximum absolute atomic E-state index is 12.0. The van der Waals surface area contributed by atoms with Gasteiger partial charge in [-0.1, -0.05) is 20.3 Å². The zero-order valence-corrected chi connectivity index (χ0v) is 13.8. The lowest BCUT2D eigenvalue weighted by atomic mass is 9.99. The topological polar surface area (TPSA) is 73.6 Å². The molecule has 0 aliphatic rings. The van der Waals surface area contributed by atoms with Gasteiger partial charge in [0.2, 0.25) is 5.91 Å². The largest absolute Gasteiger partial charge is 0.493 e. The standard InChI is InChI=1S/C15H24N2O3.ClH/c1-5-10(3)14(16)15(18)17-11-7-8-12(19-4)13(9-11)20-6-2;/h7-10,14H,5-6,16H2,1-4H3,(H,17,18);1H. The van der Waals surface area contributed by atoms with Gasteiger partial charge in [-0.05, 0) is 25.0 Å². The van der Waals surface area contributed by atoms with E-state index in [9.17, 15) is 4.79 Å². The molecule has 21 heavy (non-hydrogen) atoms. The van der Waals surface area contributed by atoms with Gasteiger partial charge in [0.15, 0.2) is 11.5 Å². The van der Waals surface area contributed by atoms with Crippen LogP contribution in [0.1, 0.15) is 27.2 Å². The summed E-state index contributed by atoms with van der Waals surface area (Å²) in [5.74, 6) is 1.19. The number of nitrogens with two attached hydrogens (primary N) is 1. The number of amides is 1. The first-order valence-corrected chi connectivity index (χ1v) is 6.90. The van der Waals surface area contributed by atoms with Gasteiger partial charge in [0.1, 0.15) is 0 Å². The highest BCUT2D eigenvalue weighted by atomic mass is 35.5. The fourth-order valence-corrected chi connectivity index (χ4v) is 1.76. The molecule has 120 valence electrons. The summed E-state index contributed by atoms with van der Waals surface area (Å²) in [5.41, 5.74) is 6.55. The molecular formula is C15H25ClN2O3. The molecule has 0 radical (unpaired) electrons. The third kappa shape index (κ3) is 5.44. The van der Waals surface area contributed by atoms with E-state index in [2.05, 4.69) is 5.32 Å². The SMILES string of the molecule is CCOc1cc(NC(=O)C(N)C(C)CC)ccc1OC.Cl. The normalized spacial score (nSPS) is 12.8. The molecule has 2 atom stereocenters. The Kier molecular flexibility index (Phi) is 8.81. The van der Waals surface area contributed by atoms with Crippen molar-refractivity contribution >= 4 is 24.0 Å². The Morgan fingerprint density at radius 2 is 2.00 bits per heavy atom. The van der Waals surface area contributed by atoms with E-state index >= 15 is 0 Å². The van der Waals surface area contributed by atoms with Crippen molar-refractivity contribution in [2.45, 2.75) is 33.2 Å². The van der Waals surface area contributed by atoms with Gasteiger partial charge >= 0.3 is 0 Å². The van der Waals surface area contributed by atoms with Gasteiger partial charge in [0, 0.05) is 11.8 Å². The Bertz CT molecular complexity index is 455. The van der Waals surface area contributed by atoms with Crippen LogP contribution in [0.25, 0.3) is 0 Å². The average molecular weight is 317 g/mol. The molecule has 6 heteroatoms. The van der Waals surface area contributed by atoms with Crippen LogP contribution in [0.5, 0.6) is 11.5 Å². The Morgan fingerprint density at radius 3 is 2.52 bits per heavy atom. The lowest BCUT2D eigenvalue weighted by molar-refractivity contribution is -0.118. The van der Waals surface area contributed by atoms with E-state index in [1.54, 1.807) is 25.3 Å². The van der Waals surface area contributed by atoms with Crippen LogP contribution < -0.4 is 20.5 Å². The first-order chi connectivity index (χ1) is 9.53. The maximum Gasteiger partial charge on any atom is 0.241 e. The van der Waals surface area contributed by atoms with E-state index in [1.165, 1.54) is 0 Å². The zero-order valence-electron chi connectivity index (χ0n) is 13.0. The molecular weight excluding hydrogens is 292 g/mol. The van der Waals surface area contributed by atoms with Crippen LogP contribution in [-0.2, 0) is 4.79 Å². The number of nitrogens with one attached hydrogen (secondary N) is 1. The summed E-state index contributed by atoms with van der Waals surface area (Å²) in [6.07, 6.45) is 0.862. The average Bonchev–Trinajstić information content (AvgIpc) is 2.46. The van der Waals surface area contributed by atoms with Crippen LogP contribution in [-0.4, -0.2) is 25.7 Å². The first-order valence-electron chi connectivity index (χ1n) is 6.90. The van der Waals surface area contributed by atoms with Crippen molar-refractivity contribution in [3.63, 3.8) is 0 Å². The minimum absolute atomic E-state index is 0. The molecule has 0 saturated heterocycles. The number of benzene rings is 1.